The third kappa shape index (κ3) is 4.23. The molecule has 0 aromatic carbocycles. The van der Waals surface area contributed by atoms with E-state index in [-0.39, 0.29) is 18.8 Å². The molecule has 0 saturated heterocycles. The van der Waals surface area contributed by atoms with Crippen LogP contribution in [0.4, 0.5) is 0 Å². The van der Waals surface area contributed by atoms with Crippen molar-refractivity contribution in [2.24, 2.45) is 5.73 Å². The van der Waals surface area contributed by atoms with E-state index in [0.29, 0.717) is 6.42 Å². The van der Waals surface area contributed by atoms with Crippen molar-refractivity contribution in [3.05, 3.63) is 0 Å². The van der Waals surface area contributed by atoms with Gasteiger partial charge in [0.1, 0.15) is 0 Å². The molecule has 2 N–H and O–H groups in total. The van der Waals surface area contributed by atoms with Gasteiger partial charge in [0, 0.05) is 6.54 Å². The van der Waals surface area contributed by atoms with Crippen molar-refractivity contribution in [3.63, 3.8) is 0 Å². The van der Waals surface area contributed by atoms with Crippen molar-refractivity contribution in [3.8, 4) is 0 Å². The van der Waals surface area contributed by atoms with Gasteiger partial charge in [-0.05, 0) is 6.42 Å². The molecule has 0 bridgehead atoms. The maximum absolute atomic E-state index is 11.4. The lowest BCUT2D eigenvalue weighted by atomic mass is 10.6. The molecule has 0 aromatic heterocycles. The molecule has 5 nitrogen and oxygen atoms in total. The highest BCUT2D eigenvalue weighted by Crippen LogP contribution is 2.01. The largest absolute Gasteiger partial charge is 0.369 e. The van der Waals surface area contributed by atoms with Crippen LogP contribution in [0.25, 0.3) is 0 Å². The Hall–Kier alpha value is -0.620. The average molecular weight is 208 g/mol. The van der Waals surface area contributed by atoms with E-state index in [0.717, 1.165) is 4.31 Å². The van der Waals surface area contributed by atoms with Crippen LogP contribution in [-0.2, 0) is 14.8 Å². The van der Waals surface area contributed by atoms with Crippen LogP contribution in [0.3, 0.4) is 0 Å². The summed E-state index contributed by atoms with van der Waals surface area (Å²) in [5.74, 6) is -0.560. The second kappa shape index (κ2) is 5.18. The van der Waals surface area contributed by atoms with Crippen molar-refractivity contribution in [1.82, 2.24) is 4.31 Å². The average Bonchev–Trinajstić information content (AvgIpc) is 1.99. The van der Waals surface area contributed by atoms with E-state index in [2.05, 4.69) is 0 Å². The van der Waals surface area contributed by atoms with Gasteiger partial charge in [0.15, 0.2) is 0 Å². The fourth-order valence-electron chi connectivity index (χ4n) is 0.968. The van der Waals surface area contributed by atoms with Crippen LogP contribution in [0.1, 0.15) is 20.3 Å². The van der Waals surface area contributed by atoms with Crippen LogP contribution in [0.15, 0.2) is 0 Å². The normalized spacial score (nSPS) is 11.9. The molecule has 0 aliphatic rings. The Balaban J connectivity index is 4.47. The molecule has 1 amide bonds. The van der Waals surface area contributed by atoms with Crippen molar-refractivity contribution in [1.29, 1.82) is 0 Å². The summed E-state index contributed by atoms with van der Waals surface area (Å²) in [4.78, 5) is 10.5. The highest BCUT2D eigenvalue weighted by Gasteiger charge is 2.20. The summed E-state index contributed by atoms with van der Waals surface area (Å²) in [5.41, 5.74) is 4.92. The lowest BCUT2D eigenvalue weighted by molar-refractivity contribution is -0.118. The van der Waals surface area contributed by atoms with Gasteiger partial charge in [0.2, 0.25) is 15.9 Å². The maximum atomic E-state index is 11.4. The van der Waals surface area contributed by atoms with Gasteiger partial charge in [-0.3, -0.25) is 4.79 Å². The molecule has 0 saturated carbocycles. The number of primary amides is 1. The number of rotatable bonds is 6. The standard InChI is InChI=1S/C7H16N2O3S/c1-3-5-13(11,12)9(4-2)6-7(8)10/h3-6H2,1-2H3,(H2,8,10). The van der Waals surface area contributed by atoms with Crippen LogP contribution in [0, 0.1) is 0 Å². The SMILES string of the molecule is CCCS(=O)(=O)N(CC)CC(N)=O. The molecule has 0 fully saturated rings. The second-order valence-electron chi connectivity index (χ2n) is 2.71. The van der Waals surface area contributed by atoms with E-state index < -0.39 is 15.9 Å². The molecule has 78 valence electrons. The number of sulfonamides is 1. The van der Waals surface area contributed by atoms with Crippen LogP contribution >= 0.6 is 0 Å². The van der Waals surface area contributed by atoms with Gasteiger partial charge in [-0.25, -0.2) is 8.42 Å². The van der Waals surface area contributed by atoms with Gasteiger partial charge in [-0.2, -0.15) is 4.31 Å². The second-order valence-corrected chi connectivity index (χ2v) is 4.80. The number of hydrogen-bond acceptors (Lipinski definition) is 3. The molecule has 0 rings (SSSR count). The Kier molecular flexibility index (Phi) is 4.94. The Morgan fingerprint density at radius 2 is 1.92 bits per heavy atom. The van der Waals surface area contributed by atoms with Crippen LogP contribution in [0.5, 0.6) is 0 Å². The van der Waals surface area contributed by atoms with Crippen LogP contribution in [-0.4, -0.2) is 37.5 Å². The van der Waals surface area contributed by atoms with Crippen molar-refractivity contribution >= 4 is 15.9 Å². The molecule has 0 atom stereocenters. The first-order chi connectivity index (χ1) is 5.94. The Morgan fingerprint density at radius 1 is 1.38 bits per heavy atom. The fourth-order valence-corrected chi connectivity index (χ4v) is 2.46. The number of nitrogens with two attached hydrogens (primary N) is 1. The van der Waals surface area contributed by atoms with E-state index in [9.17, 15) is 13.2 Å². The Bertz CT molecular complexity index is 261. The zero-order chi connectivity index (χ0) is 10.5. The molecular weight excluding hydrogens is 192 g/mol. The highest BCUT2D eigenvalue weighted by molar-refractivity contribution is 7.89. The van der Waals surface area contributed by atoms with Crippen molar-refractivity contribution in [2.45, 2.75) is 20.3 Å². The van der Waals surface area contributed by atoms with Crippen molar-refractivity contribution in [2.75, 3.05) is 18.8 Å². The zero-order valence-electron chi connectivity index (χ0n) is 7.99. The van der Waals surface area contributed by atoms with E-state index in [4.69, 9.17) is 5.73 Å². The zero-order valence-corrected chi connectivity index (χ0v) is 8.80. The molecule has 0 radical (unpaired) electrons. The van der Waals surface area contributed by atoms with Gasteiger partial charge in [0.25, 0.3) is 0 Å². The summed E-state index contributed by atoms with van der Waals surface area (Å²) < 4.78 is 23.9. The van der Waals surface area contributed by atoms with Gasteiger partial charge >= 0.3 is 0 Å². The number of carbonyl (C=O) groups is 1. The number of carbonyl (C=O) groups excluding carboxylic acids is 1. The summed E-state index contributed by atoms with van der Waals surface area (Å²) in [6.07, 6.45) is 0.539. The Morgan fingerprint density at radius 3 is 2.23 bits per heavy atom. The first kappa shape index (κ1) is 12.4. The molecular formula is C7H16N2O3S. The Labute approximate surface area is 79.0 Å². The summed E-state index contributed by atoms with van der Waals surface area (Å²) in [6.45, 7) is 3.51. The summed E-state index contributed by atoms with van der Waals surface area (Å²) in [5, 5.41) is 0. The summed E-state index contributed by atoms with van der Waals surface area (Å²) in [7, 11) is -3.29. The van der Waals surface area contributed by atoms with Gasteiger partial charge in [0.05, 0.1) is 12.3 Å². The first-order valence-corrected chi connectivity index (χ1v) is 5.81. The molecule has 0 aliphatic heterocycles. The minimum atomic E-state index is -3.29. The van der Waals surface area contributed by atoms with Gasteiger partial charge in [-0.15, -0.1) is 0 Å². The first-order valence-electron chi connectivity index (χ1n) is 4.20. The van der Waals surface area contributed by atoms with Gasteiger partial charge < -0.3 is 5.73 Å². The minimum absolute atomic E-state index is 0.0636. The third-order valence-electron chi connectivity index (χ3n) is 1.54. The van der Waals surface area contributed by atoms with Crippen LogP contribution < -0.4 is 5.73 Å². The summed E-state index contributed by atoms with van der Waals surface area (Å²) >= 11 is 0. The number of hydrogen-bond donors (Lipinski definition) is 1. The molecule has 0 aliphatic carbocycles. The highest BCUT2D eigenvalue weighted by atomic mass is 32.2. The maximum Gasteiger partial charge on any atom is 0.232 e. The van der Waals surface area contributed by atoms with E-state index in [1.54, 1.807) is 13.8 Å². The number of amides is 1. The van der Waals surface area contributed by atoms with Gasteiger partial charge in [-0.1, -0.05) is 13.8 Å². The minimum Gasteiger partial charge on any atom is -0.369 e. The van der Waals surface area contributed by atoms with Crippen LogP contribution in [0.2, 0.25) is 0 Å². The lowest BCUT2D eigenvalue weighted by Gasteiger charge is -2.17. The molecule has 0 unspecified atom stereocenters. The fraction of sp³-hybridized carbons (Fsp3) is 0.857. The topological polar surface area (TPSA) is 80.5 Å². The molecule has 13 heavy (non-hydrogen) atoms. The molecule has 0 spiro atoms. The molecule has 0 heterocycles. The third-order valence-corrected chi connectivity index (χ3v) is 3.64. The van der Waals surface area contributed by atoms with E-state index >= 15 is 0 Å². The smallest absolute Gasteiger partial charge is 0.232 e. The monoisotopic (exact) mass is 208 g/mol. The van der Waals surface area contributed by atoms with E-state index in [1.165, 1.54) is 0 Å². The predicted octanol–water partition coefficient (Wildman–Crippen LogP) is -0.467. The quantitative estimate of drug-likeness (QED) is 0.641. The molecule has 0 aromatic rings. The predicted molar refractivity (Wildman–Crippen MR) is 50.5 cm³/mol. The van der Waals surface area contributed by atoms with Crippen molar-refractivity contribution < 1.29 is 13.2 Å². The number of likely N-dealkylation sites (N-methyl/N-ethyl adjacent to an activating group) is 1. The van der Waals surface area contributed by atoms with E-state index in [1.807, 2.05) is 0 Å². The lowest BCUT2D eigenvalue weighted by Crippen LogP contribution is -2.39. The summed E-state index contributed by atoms with van der Waals surface area (Å²) in [6, 6.07) is 0. The number of nitrogens with zero attached hydrogens (tertiary/aromatic N) is 1. The molecule has 6 heteroatoms.